The Morgan fingerprint density at radius 2 is 2.38 bits per heavy atom. The van der Waals surface area contributed by atoms with Gasteiger partial charge in [0.1, 0.15) is 5.76 Å². The molecule has 2 heterocycles. The first kappa shape index (κ1) is 9.06. The van der Waals surface area contributed by atoms with Gasteiger partial charge in [-0.1, -0.05) is 0 Å². The third-order valence-electron chi connectivity index (χ3n) is 1.92. The summed E-state index contributed by atoms with van der Waals surface area (Å²) in [6, 6.07) is 3.74. The minimum absolute atomic E-state index is 0.0166. The number of alkyl halides is 1. The van der Waals surface area contributed by atoms with Crippen molar-refractivity contribution in [2.24, 2.45) is 0 Å². The standard InChI is InChI=1S/C9H11ClO3/c1-6-2-3-8(12-6)9-11-5-7(4-10)13-9/h2-3,7,9H,4-5H2,1H3/t7-,9+/m0/s1. The molecule has 72 valence electrons. The lowest BCUT2D eigenvalue weighted by Crippen LogP contribution is -2.10. The number of furan rings is 1. The molecular weight excluding hydrogens is 192 g/mol. The highest BCUT2D eigenvalue weighted by molar-refractivity contribution is 6.18. The summed E-state index contributed by atoms with van der Waals surface area (Å²) in [6.45, 7) is 2.42. The molecule has 2 atom stereocenters. The number of aryl methyl sites for hydroxylation is 1. The average Bonchev–Trinajstić information content (AvgIpc) is 2.71. The molecule has 0 bridgehead atoms. The van der Waals surface area contributed by atoms with Gasteiger partial charge in [0.2, 0.25) is 6.29 Å². The van der Waals surface area contributed by atoms with E-state index in [-0.39, 0.29) is 12.4 Å². The maximum absolute atomic E-state index is 5.63. The van der Waals surface area contributed by atoms with Crippen molar-refractivity contribution in [3.05, 3.63) is 23.7 Å². The molecule has 0 radical (unpaired) electrons. The highest BCUT2D eigenvalue weighted by Gasteiger charge is 2.28. The summed E-state index contributed by atoms with van der Waals surface area (Å²) < 4.78 is 16.2. The van der Waals surface area contributed by atoms with Crippen LogP contribution in [0.1, 0.15) is 17.8 Å². The van der Waals surface area contributed by atoms with E-state index in [1.807, 2.05) is 19.1 Å². The molecule has 0 saturated carbocycles. The van der Waals surface area contributed by atoms with Gasteiger partial charge in [0.25, 0.3) is 0 Å². The lowest BCUT2D eigenvalue weighted by molar-refractivity contribution is -0.0710. The Hall–Kier alpha value is -0.510. The Balaban J connectivity index is 2.03. The van der Waals surface area contributed by atoms with Crippen LogP contribution in [0.2, 0.25) is 0 Å². The fraction of sp³-hybridized carbons (Fsp3) is 0.556. The van der Waals surface area contributed by atoms with Crippen molar-refractivity contribution in [1.82, 2.24) is 0 Å². The number of hydrogen-bond acceptors (Lipinski definition) is 3. The van der Waals surface area contributed by atoms with Crippen LogP contribution in [0.3, 0.4) is 0 Å². The van der Waals surface area contributed by atoms with E-state index >= 15 is 0 Å². The average molecular weight is 203 g/mol. The van der Waals surface area contributed by atoms with E-state index in [1.165, 1.54) is 0 Å². The van der Waals surface area contributed by atoms with E-state index < -0.39 is 0 Å². The van der Waals surface area contributed by atoms with Crippen molar-refractivity contribution in [2.75, 3.05) is 12.5 Å². The highest BCUT2D eigenvalue weighted by atomic mass is 35.5. The maximum atomic E-state index is 5.63. The summed E-state index contributed by atoms with van der Waals surface area (Å²) in [7, 11) is 0. The molecule has 0 aliphatic carbocycles. The van der Waals surface area contributed by atoms with Gasteiger partial charge in [0, 0.05) is 0 Å². The van der Waals surface area contributed by atoms with Crippen LogP contribution in [-0.4, -0.2) is 18.6 Å². The van der Waals surface area contributed by atoms with E-state index in [4.69, 9.17) is 25.5 Å². The topological polar surface area (TPSA) is 31.6 Å². The van der Waals surface area contributed by atoms with Gasteiger partial charge in [-0.05, 0) is 19.1 Å². The Labute approximate surface area is 81.6 Å². The van der Waals surface area contributed by atoms with Crippen LogP contribution in [0.25, 0.3) is 0 Å². The Bertz CT molecular complexity index is 284. The van der Waals surface area contributed by atoms with Gasteiger partial charge in [0.05, 0.1) is 18.6 Å². The number of ether oxygens (including phenoxy) is 2. The fourth-order valence-electron chi connectivity index (χ4n) is 1.26. The lowest BCUT2D eigenvalue weighted by atomic mass is 10.4. The van der Waals surface area contributed by atoms with Crippen LogP contribution in [0.4, 0.5) is 0 Å². The zero-order chi connectivity index (χ0) is 9.26. The SMILES string of the molecule is Cc1ccc([C@@H]2OC[C@H](CCl)O2)o1. The van der Waals surface area contributed by atoms with E-state index in [0.717, 1.165) is 5.76 Å². The minimum atomic E-state index is -0.377. The summed E-state index contributed by atoms with van der Waals surface area (Å²) in [6.07, 6.45) is -0.394. The molecule has 1 aliphatic heterocycles. The first-order chi connectivity index (χ1) is 6.29. The summed E-state index contributed by atoms with van der Waals surface area (Å²) >= 11 is 5.63. The summed E-state index contributed by atoms with van der Waals surface area (Å²) in [5.74, 6) is 2.03. The Morgan fingerprint density at radius 3 is 2.92 bits per heavy atom. The van der Waals surface area contributed by atoms with Gasteiger partial charge in [-0.15, -0.1) is 11.6 Å². The molecule has 0 spiro atoms. The van der Waals surface area contributed by atoms with Crippen molar-refractivity contribution >= 4 is 11.6 Å². The van der Waals surface area contributed by atoms with Crippen LogP contribution in [0, 0.1) is 6.92 Å². The molecule has 1 aromatic rings. The summed E-state index contributed by atoms with van der Waals surface area (Å²) in [5, 5.41) is 0. The largest absolute Gasteiger partial charge is 0.461 e. The molecular formula is C9H11ClO3. The monoisotopic (exact) mass is 202 g/mol. The second kappa shape index (κ2) is 3.70. The van der Waals surface area contributed by atoms with E-state index in [0.29, 0.717) is 18.2 Å². The van der Waals surface area contributed by atoms with Crippen molar-refractivity contribution in [3.8, 4) is 0 Å². The maximum Gasteiger partial charge on any atom is 0.217 e. The van der Waals surface area contributed by atoms with Gasteiger partial charge < -0.3 is 13.9 Å². The molecule has 0 unspecified atom stereocenters. The minimum Gasteiger partial charge on any atom is -0.461 e. The summed E-state index contributed by atoms with van der Waals surface area (Å²) in [5.41, 5.74) is 0. The molecule has 1 saturated heterocycles. The Kier molecular flexibility index (Phi) is 2.58. The predicted octanol–water partition coefficient (Wildman–Crippen LogP) is 2.24. The summed E-state index contributed by atoms with van der Waals surface area (Å²) in [4.78, 5) is 0. The molecule has 1 aromatic heterocycles. The van der Waals surface area contributed by atoms with E-state index in [9.17, 15) is 0 Å². The van der Waals surface area contributed by atoms with Crippen molar-refractivity contribution in [3.63, 3.8) is 0 Å². The van der Waals surface area contributed by atoms with Crippen LogP contribution in [-0.2, 0) is 9.47 Å². The van der Waals surface area contributed by atoms with Crippen LogP contribution in [0.5, 0.6) is 0 Å². The third kappa shape index (κ3) is 1.88. The quantitative estimate of drug-likeness (QED) is 0.690. The fourth-order valence-corrected chi connectivity index (χ4v) is 1.42. The van der Waals surface area contributed by atoms with Gasteiger partial charge in [-0.2, -0.15) is 0 Å². The molecule has 3 nitrogen and oxygen atoms in total. The van der Waals surface area contributed by atoms with Crippen molar-refractivity contribution in [2.45, 2.75) is 19.3 Å². The number of halogens is 1. The molecule has 0 amide bonds. The smallest absolute Gasteiger partial charge is 0.217 e. The second-order valence-electron chi connectivity index (χ2n) is 3.03. The second-order valence-corrected chi connectivity index (χ2v) is 3.33. The van der Waals surface area contributed by atoms with Gasteiger partial charge >= 0.3 is 0 Å². The van der Waals surface area contributed by atoms with Gasteiger partial charge in [-0.3, -0.25) is 0 Å². The third-order valence-corrected chi connectivity index (χ3v) is 2.26. The van der Waals surface area contributed by atoms with Crippen molar-refractivity contribution in [1.29, 1.82) is 0 Å². The predicted molar refractivity (Wildman–Crippen MR) is 47.7 cm³/mol. The normalized spacial score (nSPS) is 28.2. The van der Waals surface area contributed by atoms with Gasteiger partial charge in [0.15, 0.2) is 5.76 Å². The molecule has 0 aromatic carbocycles. The van der Waals surface area contributed by atoms with E-state index in [2.05, 4.69) is 0 Å². The molecule has 2 rings (SSSR count). The van der Waals surface area contributed by atoms with E-state index in [1.54, 1.807) is 0 Å². The number of rotatable bonds is 2. The highest BCUT2D eigenvalue weighted by Crippen LogP contribution is 2.28. The molecule has 13 heavy (non-hydrogen) atoms. The van der Waals surface area contributed by atoms with Gasteiger partial charge in [-0.25, -0.2) is 0 Å². The first-order valence-corrected chi connectivity index (χ1v) is 4.72. The zero-order valence-corrected chi connectivity index (χ0v) is 8.08. The van der Waals surface area contributed by atoms with Crippen LogP contribution >= 0.6 is 11.6 Å². The van der Waals surface area contributed by atoms with Crippen LogP contribution < -0.4 is 0 Å². The lowest BCUT2D eigenvalue weighted by Gasteiger charge is -2.06. The number of hydrogen-bond donors (Lipinski definition) is 0. The van der Waals surface area contributed by atoms with Crippen molar-refractivity contribution < 1.29 is 13.9 Å². The molecule has 1 fully saturated rings. The zero-order valence-electron chi connectivity index (χ0n) is 7.33. The molecule has 0 N–H and O–H groups in total. The van der Waals surface area contributed by atoms with Crippen LogP contribution in [0.15, 0.2) is 16.5 Å². The Morgan fingerprint density at radius 1 is 1.54 bits per heavy atom. The molecule has 4 heteroatoms. The molecule has 1 aliphatic rings. The first-order valence-electron chi connectivity index (χ1n) is 4.19.